The Bertz CT molecular complexity index is 811. The molecular formula is C28H43NO6. The molecule has 2 rings (SSSR count). The molecule has 1 heterocycles. The molecule has 196 valence electrons. The topological polar surface area (TPSA) is 93.1 Å². The van der Waals surface area contributed by atoms with Crippen molar-refractivity contribution in [2.45, 2.75) is 103 Å². The maximum atomic E-state index is 13.5. The van der Waals surface area contributed by atoms with Crippen LogP contribution < -0.4 is 0 Å². The van der Waals surface area contributed by atoms with E-state index in [1.165, 1.54) is 4.90 Å². The van der Waals surface area contributed by atoms with Gasteiger partial charge in [0.25, 0.3) is 5.91 Å². The van der Waals surface area contributed by atoms with E-state index in [2.05, 4.69) is 6.92 Å². The van der Waals surface area contributed by atoms with Crippen molar-refractivity contribution < 1.29 is 29.0 Å². The number of carbonyl (C=O) groups is 3. The lowest BCUT2D eigenvalue weighted by Crippen LogP contribution is -2.53. The Kier molecular flexibility index (Phi) is 11.7. The van der Waals surface area contributed by atoms with Crippen LogP contribution in [-0.4, -0.2) is 59.3 Å². The van der Waals surface area contributed by atoms with Gasteiger partial charge in [-0.3, -0.25) is 14.4 Å². The first-order chi connectivity index (χ1) is 16.6. The van der Waals surface area contributed by atoms with E-state index < -0.39 is 42.2 Å². The summed E-state index contributed by atoms with van der Waals surface area (Å²) in [7, 11) is 1.59. The molecule has 0 spiro atoms. The van der Waals surface area contributed by atoms with Crippen LogP contribution in [0.25, 0.3) is 0 Å². The molecule has 1 aliphatic rings. The van der Waals surface area contributed by atoms with Crippen LogP contribution in [0.5, 0.6) is 0 Å². The van der Waals surface area contributed by atoms with Crippen molar-refractivity contribution in [1.29, 1.82) is 0 Å². The van der Waals surface area contributed by atoms with Crippen molar-refractivity contribution in [3.8, 4) is 0 Å². The predicted molar refractivity (Wildman–Crippen MR) is 134 cm³/mol. The minimum absolute atomic E-state index is 0.254. The Hall–Kier alpha value is -2.41. The predicted octanol–water partition coefficient (Wildman–Crippen LogP) is 4.30. The zero-order valence-corrected chi connectivity index (χ0v) is 21.9. The molecule has 35 heavy (non-hydrogen) atoms. The second-order valence-corrected chi connectivity index (χ2v) is 10.1. The Balaban J connectivity index is 2.31. The van der Waals surface area contributed by atoms with Gasteiger partial charge in [-0.25, -0.2) is 0 Å². The molecule has 0 aliphatic carbocycles. The molecule has 0 bridgehead atoms. The fourth-order valence-electron chi connectivity index (χ4n) is 4.49. The Morgan fingerprint density at radius 2 is 1.69 bits per heavy atom. The van der Waals surface area contributed by atoms with Gasteiger partial charge in [0, 0.05) is 7.05 Å². The van der Waals surface area contributed by atoms with E-state index in [1.54, 1.807) is 14.0 Å². The van der Waals surface area contributed by atoms with Gasteiger partial charge in [0.1, 0.15) is 6.10 Å². The highest BCUT2D eigenvalue weighted by molar-refractivity contribution is 5.85. The number of aliphatic hydroxyl groups excluding tert-OH is 1. The summed E-state index contributed by atoms with van der Waals surface area (Å²) < 4.78 is 11.5. The first-order valence-electron chi connectivity index (χ1n) is 13.0. The average molecular weight is 490 g/mol. The fourth-order valence-corrected chi connectivity index (χ4v) is 4.49. The molecule has 7 nitrogen and oxygen atoms in total. The number of rotatable bonds is 9. The van der Waals surface area contributed by atoms with E-state index >= 15 is 0 Å². The number of unbranched alkanes of at least 4 members (excludes halogenated alkanes) is 4. The summed E-state index contributed by atoms with van der Waals surface area (Å²) in [6.45, 7) is 7.48. The molecule has 0 unspecified atom stereocenters. The third kappa shape index (κ3) is 8.64. The Morgan fingerprint density at radius 3 is 2.31 bits per heavy atom. The lowest BCUT2D eigenvalue weighted by atomic mass is 9.95. The van der Waals surface area contributed by atoms with Crippen LogP contribution in [0.2, 0.25) is 0 Å². The van der Waals surface area contributed by atoms with Crippen LogP contribution in [0.3, 0.4) is 0 Å². The monoisotopic (exact) mass is 489 g/mol. The van der Waals surface area contributed by atoms with Gasteiger partial charge >= 0.3 is 11.9 Å². The molecule has 1 aliphatic heterocycles. The van der Waals surface area contributed by atoms with Crippen LogP contribution in [0.15, 0.2) is 30.3 Å². The Morgan fingerprint density at radius 1 is 1.03 bits per heavy atom. The Labute approximate surface area is 210 Å². The number of esters is 2. The van der Waals surface area contributed by atoms with Crippen LogP contribution in [0, 0.1) is 11.8 Å². The molecule has 1 saturated heterocycles. The zero-order chi connectivity index (χ0) is 26.0. The van der Waals surface area contributed by atoms with E-state index in [-0.39, 0.29) is 18.2 Å². The number of aliphatic hydroxyl groups is 1. The van der Waals surface area contributed by atoms with Crippen LogP contribution in [0.1, 0.15) is 78.2 Å². The second kappa shape index (κ2) is 14.2. The normalized spacial score (nSPS) is 26.7. The van der Waals surface area contributed by atoms with Gasteiger partial charge in [0.15, 0.2) is 6.10 Å². The average Bonchev–Trinajstić information content (AvgIpc) is 2.83. The number of hydrogen-bond donors (Lipinski definition) is 1. The SMILES string of the molecule is CCCCCCC[C@H]1OC(=O)C[C@@H](O)[C@H](Cc2ccccc2)N(C)C(=O)[C@H](C(C)C)OC(=O)[C@H]1C. The molecule has 5 atom stereocenters. The number of nitrogens with zero attached hydrogens (tertiary/aromatic N) is 1. The maximum absolute atomic E-state index is 13.5. The highest BCUT2D eigenvalue weighted by atomic mass is 16.6. The number of carbonyl (C=O) groups excluding carboxylic acids is 3. The summed E-state index contributed by atoms with van der Waals surface area (Å²) in [6, 6.07) is 8.81. The van der Waals surface area contributed by atoms with E-state index in [4.69, 9.17) is 9.47 Å². The molecule has 0 radical (unpaired) electrons. The molecular weight excluding hydrogens is 446 g/mol. The minimum Gasteiger partial charge on any atom is -0.461 e. The molecule has 1 N–H and O–H groups in total. The van der Waals surface area contributed by atoms with Gasteiger partial charge in [0.05, 0.1) is 24.5 Å². The smallest absolute Gasteiger partial charge is 0.313 e. The summed E-state index contributed by atoms with van der Waals surface area (Å²) in [4.78, 5) is 40.8. The second-order valence-electron chi connectivity index (χ2n) is 10.1. The van der Waals surface area contributed by atoms with Crippen molar-refractivity contribution in [3.63, 3.8) is 0 Å². The molecule has 1 fully saturated rings. The molecule has 0 aromatic heterocycles. The molecule has 0 saturated carbocycles. The van der Waals surface area contributed by atoms with E-state index in [0.29, 0.717) is 12.8 Å². The number of likely N-dealkylation sites (N-methyl/N-ethyl adjacent to an activating group) is 1. The summed E-state index contributed by atoms with van der Waals surface area (Å²) in [5.41, 5.74) is 0.924. The van der Waals surface area contributed by atoms with Gasteiger partial charge in [-0.2, -0.15) is 0 Å². The van der Waals surface area contributed by atoms with Gasteiger partial charge in [-0.05, 0) is 37.7 Å². The zero-order valence-electron chi connectivity index (χ0n) is 21.9. The van der Waals surface area contributed by atoms with Crippen molar-refractivity contribution in [2.75, 3.05) is 7.05 Å². The van der Waals surface area contributed by atoms with Gasteiger partial charge in [-0.15, -0.1) is 0 Å². The highest BCUT2D eigenvalue weighted by Gasteiger charge is 2.39. The van der Waals surface area contributed by atoms with Crippen LogP contribution in [-0.2, 0) is 30.3 Å². The van der Waals surface area contributed by atoms with Crippen molar-refractivity contribution in [3.05, 3.63) is 35.9 Å². The quantitative estimate of drug-likeness (QED) is 0.411. The largest absolute Gasteiger partial charge is 0.461 e. The molecule has 1 amide bonds. The number of benzene rings is 1. The number of ether oxygens (including phenoxy) is 2. The lowest BCUT2D eigenvalue weighted by molar-refractivity contribution is -0.176. The fraction of sp³-hybridized carbons (Fsp3) is 0.679. The summed E-state index contributed by atoms with van der Waals surface area (Å²) in [5, 5.41) is 11.1. The molecule has 1 aromatic rings. The van der Waals surface area contributed by atoms with E-state index in [0.717, 1.165) is 37.7 Å². The summed E-state index contributed by atoms with van der Waals surface area (Å²) in [5.74, 6) is -2.46. The third-order valence-corrected chi connectivity index (χ3v) is 6.85. The molecule has 7 heteroatoms. The van der Waals surface area contributed by atoms with Crippen molar-refractivity contribution in [1.82, 2.24) is 4.90 Å². The van der Waals surface area contributed by atoms with Gasteiger partial charge in [0.2, 0.25) is 0 Å². The summed E-state index contributed by atoms with van der Waals surface area (Å²) in [6.07, 6.45) is 3.04. The number of hydrogen-bond acceptors (Lipinski definition) is 6. The van der Waals surface area contributed by atoms with Crippen molar-refractivity contribution >= 4 is 17.8 Å². The maximum Gasteiger partial charge on any atom is 0.313 e. The third-order valence-electron chi connectivity index (χ3n) is 6.85. The first kappa shape index (κ1) is 28.8. The molecule has 1 aromatic carbocycles. The van der Waals surface area contributed by atoms with Gasteiger partial charge < -0.3 is 19.5 Å². The summed E-state index contributed by atoms with van der Waals surface area (Å²) >= 11 is 0. The van der Waals surface area contributed by atoms with Crippen molar-refractivity contribution in [2.24, 2.45) is 11.8 Å². The van der Waals surface area contributed by atoms with E-state index in [9.17, 15) is 19.5 Å². The van der Waals surface area contributed by atoms with Crippen LogP contribution >= 0.6 is 0 Å². The number of amides is 1. The standard InChI is InChI=1S/C28H43NO6/c1-6-7-8-9-13-16-24-20(4)28(33)35-26(19(2)3)27(32)29(5)22(23(30)18-25(31)34-24)17-21-14-11-10-12-15-21/h10-12,14-15,19-20,22-24,26,30H,6-9,13,16-18H2,1-5H3/t20-,22-,23+,24+,26-/m0/s1. The highest BCUT2D eigenvalue weighted by Crippen LogP contribution is 2.24. The first-order valence-corrected chi connectivity index (χ1v) is 13.0. The van der Waals surface area contributed by atoms with Gasteiger partial charge in [-0.1, -0.05) is 76.8 Å². The number of cyclic esters (lactones) is 2. The van der Waals surface area contributed by atoms with E-state index in [1.807, 2.05) is 44.2 Å². The van der Waals surface area contributed by atoms with Crippen LogP contribution in [0.4, 0.5) is 0 Å². The minimum atomic E-state index is -1.12. The lowest BCUT2D eigenvalue weighted by Gasteiger charge is -2.36.